The third-order valence-electron chi connectivity index (χ3n) is 10.2. The molecule has 1 heterocycles. The highest BCUT2D eigenvalue weighted by atomic mass is 32.2. The number of aliphatic hydroxyl groups is 1. The Labute approximate surface area is 224 Å². The number of hydrogen-bond donors (Lipinski definition) is 1. The van der Waals surface area contributed by atoms with Crippen molar-refractivity contribution >= 4 is 34.6 Å². The normalized spacial score (nSPS) is 47.5. The molecule has 208 valence electrons. The minimum atomic E-state index is -2.31. The number of hydrogen-bond acceptors (Lipinski definition) is 8. The Morgan fingerprint density at radius 2 is 1.95 bits per heavy atom. The van der Waals surface area contributed by atoms with Crippen molar-refractivity contribution in [1.82, 2.24) is 0 Å². The molecule has 1 aliphatic heterocycles. The quantitative estimate of drug-likeness (QED) is 0.525. The Morgan fingerprint density at radius 3 is 2.58 bits per heavy atom. The van der Waals surface area contributed by atoms with Crippen LogP contribution in [-0.4, -0.2) is 63.3 Å². The molecule has 5 aliphatic rings. The number of rotatable bonds is 4. The van der Waals surface area contributed by atoms with Gasteiger partial charge in [-0.25, -0.2) is 8.78 Å². The predicted molar refractivity (Wildman–Crippen MR) is 134 cm³/mol. The number of fused-ring (bicyclic) bond motifs is 5. The van der Waals surface area contributed by atoms with Crippen LogP contribution < -0.4 is 0 Å². The fourth-order valence-electron chi connectivity index (χ4n) is 8.27. The minimum Gasteiger partial charge on any atom is -0.465 e. The van der Waals surface area contributed by atoms with E-state index in [1.807, 2.05) is 0 Å². The van der Waals surface area contributed by atoms with Gasteiger partial charge in [0.2, 0.25) is 5.12 Å². The SMILES string of the molecule is CCC(=O)O[C@]1(C(=O)S[C@H]2CCOC2=O)[C@H](C)C[C@H]2[C@@H]3C[C@H](F)C4=CC(=O)C=C[C@]4(C)[C@]3(F)[C@@H](O)C[C@@]21C. The van der Waals surface area contributed by atoms with Gasteiger partial charge in [-0.3, -0.25) is 19.2 Å². The molecule has 0 amide bonds. The van der Waals surface area contributed by atoms with E-state index in [0.29, 0.717) is 6.42 Å². The van der Waals surface area contributed by atoms with Crippen LogP contribution in [0.5, 0.6) is 0 Å². The number of alkyl halides is 2. The Hall–Kier alpha value is -2.07. The van der Waals surface area contributed by atoms with Gasteiger partial charge in [-0.05, 0) is 49.8 Å². The molecule has 4 fully saturated rings. The maximum absolute atomic E-state index is 17.4. The molecule has 1 saturated heterocycles. The Bertz CT molecular complexity index is 1150. The van der Waals surface area contributed by atoms with Crippen molar-refractivity contribution in [3.8, 4) is 0 Å². The molecule has 4 aliphatic carbocycles. The van der Waals surface area contributed by atoms with Gasteiger partial charge in [0.05, 0.1) is 12.7 Å². The topological polar surface area (TPSA) is 107 Å². The van der Waals surface area contributed by atoms with Crippen LogP contribution in [0, 0.1) is 28.6 Å². The summed E-state index contributed by atoms with van der Waals surface area (Å²) in [5.41, 5.74) is -6.81. The number of thioether (sulfide) groups is 1. The molecule has 1 N–H and O–H groups in total. The maximum Gasteiger partial charge on any atom is 0.319 e. The molecule has 0 aromatic rings. The molecule has 0 radical (unpaired) electrons. The average molecular weight is 553 g/mol. The summed E-state index contributed by atoms with van der Waals surface area (Å²) in [7, 11) is 0. The van der Waals surface area contributed by atoms with Gasteiger partial charge >= 0.3 is 11.9 Å². The summed E-state index contributed by atoms with van der Waals surface area (Å²) in [6, 6.07) is 0. The Kier molecular flexibility index (Phi) is 6.50. The molecule has 10 heteroatoms. The van der Waals surface area contributed by atoms with Crippen molar-refractivity contribution in [2.45, 2.75) is 88.6 Å². The highest BCUT2D eigenvalue weighted by Gasteiger charge is 2.78. The Morgan fingerprint density at radius 1 is 1.24 bits per heavy atom. The summed E-state index contributed by atoms with van der Waals surface area (Å²) in [5.74, 6) is -3.76. The van der Waals surface area contributed by atoms with Crippen molar-refractivity contribution in [2.24, 2.45) is 28.6 Å². The van der Waals surface area contributed by atoms with E-state index in [0.717, 1.165) is 17.8 Å². The van der Waals surface area contributed by atoms with E-state index in [2.05, 4.69) is 0 Å². The maximum atomic E-state index is 17.4. The first kappa shape index (κ1) is 27.5. The van der Waals surface area contributed by atoms with Crippen LogP contribution in [0.4, 0.5) is 8.78 Å². The monoisotopic (exact) mass is 552 g/mol. The molecule has 0 spiro atoms. The number of ketones is 1. The van der Waals surface area contributed by atoms with Gasteiger partial charge in [0.15, 0.2) is 17.1 Å². The van der Waals surface area contributed by atoms with Crippen molar-refractivity contribution in [3.63, 3.8) is 0 Å². The molecule has 0 aromatic carbocycles. The molecule has 7 nitrogen and oxygen atoms in total. The number of carbonyl (C=O) groups excluding carboxylic acids is 4. The van der Waals surface area contributed by atoms with Crippen molar-refractivity contribution in [2.75, 3.05) is 6.61 Å². The van der Waals surface area contributed by atoms with E-state index in [1.165, 1.54) is 19.1 Å². The first-order chi connectivity index (χ1) is 17.8. The lowest BCUT2D eigenvalue weighted by Crippen LogP contribution is -2.70. The van der Waals surface area contributed by atoms with Crippen LogP contribution in [0.15, 0.2) is 23.8 Å². The smallest absolute Gasteiger partial charge is 0.319 e. The summed E-state index contributed by atoms with van der Waals surface area (Å²) in [6.07, 6.45) is 0.586. The third-order valence-corrected chi connectivity index (χ3v) is 11.4. The lowest BCUT2D eigenvalue weighted by molar-refractivity contribution is -0.228. The van der Waals surface area contributed by atoms with Gasteiger partial charge in [-0.1, -0.05) is 38.6 Å². The van der Waals surface area contributed by atoms with Crippen molar-refractivity contribution < 1.29 is 42.5 Å². The molecule has 0 unspecified atom stereocenters. The Balaban J connectivity index is 1.61. The van der Waals surface area contributed by atoms with Gasteiger partial charge in [0.25, 0.3) is 0 Å². The first-order valence-corrected chi connectivity index (χ1v) is 14.2. The lowest BCUT2D eigenvalue weighted by Gasteiger charge is -2.63. The molecule has 5 rings (SSSR count). The number of carbonyl (C=O) groups is 4. The summed E-state index contributed by atoms with van der Waals surface area (Å²) in [4.78, 5) is 51.1. The minimum absolute atomic E-state index is 0.00469. The number of ether oxygens (including phenoxy) is 2. The van der Waals surface area contributed by atoms with E-state index in [9.17, 15) is 24.3 Å². The number of cyclic esters (lactones) is 1. The molecular weight excluding hydrogens is 518 g/mol. The van der Waals surface area contributed by atoms with Crippen LogP contribution in [0.25, 0.3) is 0 Å². The average Bonchev–Trinajstić information content (AvgIpc) is 3.35. The van der Waals surface area contributed by atoms with E-state index >= 15 is 8.78 Å². The first-order valence-electron chi connectivity index (χ1n) is 13.3. The summed E-state index contributed by atoms with van der Waals surface area (Å²) in [5, 5.41) is 10.3. The second kappa shape index (κ2) is 8.98. The van der Waals surface area contributed by atoms with E-state index in [4.69, 9.17) is 9.47 Å². The van der Waals surface area contributed by atoms with Gasteiger partial charge in [0.1, 0.15) is 11.4 Å². The van der Waals surface area contributed by atoms with E-state index in [1.54, 1.807) is 20.8 Å². The second-order valence-corrected chi connectivity index (χ2v) is 13.1. The van der Waals surface area contributed by atoms with E-state index < -0.39 is 80.2 Å². The van der Waals surface area contributed by atoms with Crippen LogP contribution in [0.3, 0.4) is 0 Å². The van der Waals surface area contributed by atoms with Gasteiger partial charge in [-0.2, -0.15) is 0 Å². The van der Waals surface area contributed by atoms with Gasteiger partial charge < -0.3 is 14.6 Å². The van der Waals surface area contributed by atoms with E-state index in [-0.39, 0.29) is 37.9 Å². The zero-order valence-electron chi connectivity index (χ0n) is 22.0. The number of halogens is 2. The zero-order chi connectivity index (χ0) is 27.8. The zero-order valence-corrected chi connectivity index (χ0v) is 22.8. The van der Waals surface area contributed by atoms with Gasteiger partial charge in [0, 0.05) is 35.5 Å². The second-order valence-electron chi connectivity index (χ2n) is 11.9. The number of allylic oxidation sites excluding steroid dienone is 4. The molecule has 10 atom stereocenters. The predicted octanol–water partition coefficient (Wildman–Crippen LogP) is 3.82. The lowest BCUT2D eigenvalue weighted by atomic mass is 9.44. The van der Waals surface area contributed by atoms with Crippen LogP contribution in [0.2, 0.25) is 0 Å². The summed E-state index contributed by atoms with van der Waals surface area (Å²) >= 11 is 0.772. The number of aliphatic hydroxyl groups excluding tert-OH is 1. The van der Waals surface area contributed by atoms with Crippen LogP contribution >= 0.6 is 11.8 Å². The standard InChI is InChI=1S/C28H34F2O7S/c1-5-22(33)37-28(24(35)38-20-7-9-36-23(20)34)14(2)10-16-17-12-19(29)18-11-15(31)6-8-25(18,3)27(17,30)21(32)13-26(16,28)4/h6,8,11,14,16-17,19-21,32H,5,7,9-10,12-13H2,1-4H3/t14-,16+,17+,19+,20+,21+,25+,26+,27-,28+/m1/s1. The summed E-state index contributed by atoms with van der Waals surface area (Å²) in [6.45, 7) is 6.78. The molecule has 0 aromatic heterocycles. The largest absolute Gasteiger partial charge is 0.465 e. The fourth-order valence-corrected chi connectivity index (χ4v) is 9.56. The fraction of sp³-hybridized carbons (Fsp3) is 0.714. The van der Waals surface area contributed by atoms with Crippen LogP contribution in [0.1, 0.15) is 59.8 Å². The van der Waals surface area contributed by atoms with Crippen molar-refractivity contribution in [3.05, 3.63) is 23.8 Å². The van der Waals surface area contributed by atoms with Gasteiger partial charge in [-0.15, -0.1) is 0 Å². The highest BCUT2D eigenvalue weighted by molar-refractivity contribution is 8.14. The third kappa shape index (κ3) is 3.41. The molecule has 38 heavy (non-hydrogen) atoms. The van der Waals surface area contributed by atoms with Crippen LogP contribution in [-0.2, 0) is 28.7 Å². The summed E-state index contributed by atoms with van der Waals surface area (Å²) < 4.78 is 44.2. The molecular formula is C28H34F2O7S. The number of esters is 2. The molecule has 0 bridgehead atoms. The van der Waals surface area contributed by atoms with Crippen molar-refractivity contribution in [1.29, 1.82) is 0 Å². The highest BCUT2D eigenvalue weighted by Crippen LogP contribution is 2.72. The molecule has 3 saturated carbocycles.